The van der Waals surface area contributed by atoms with Crippen molar-refractivity contribution in [2.75, 3.05) is 13.2 Å². The standard InChI is InChI=1S/C12H17N3O6/c1-5-20-10(16)12(4,11(17)21-6-2)14-7-9(15(18)19)8(3)13-14/h7H,5-6H2,1-4H3. The molecule has 9 heteroatoms. The highest BCUT2D eigenvalue weighted by atomic mass is 16.6. The average Bonchev–Trinajstić information content (AvgIpc) is 2.80. The lowest BCUT2D eigenvalue weighted by Gasteiger charge is -2.24. The summed E-state index contributed by atoms with van der Waals surface area (Å²) in [5.74, 6) is -1.78. The Morgan fingerprint density at radius 2 is 1.81 bits per heavy atom. The molecule has 0 saturated carbocycles. The minimum Gasteiger partial charge on any atom is -0.464 e. The zero-order valence-electron chi connectivity index (χ0n) is 12.3. The van der Waals surface area contributed by atoms with Crippen LogP contribution >= 0.6 is 0 Å². The van der Waals surface area contributed by atoms with Crippen molar-refractivity contribution in [2.24, 2.45) is 0 Å². The van der Waals surface area contributed by atoms with Crippen LogP contribution in [0.25, 0.3) is 0 Å². The molecule has 1 heterocycles. The third kappa shape index (κ3) is 3.01. The zero-order valence-corrected chi connectivity index (χ0v) is 12.3. The van der Waals surface area contributed by atoms with Crippen molar-refractivity contribution < 1.29 is 24.0 Å². The van der Waals surface area contributed by atoms with Crippen LogP contribution in [0.15, 0.2) is 6.20 Å². The van der Waals surface area contributed by atoms with E-state index in [1.54, 1.807) is 13.8 Å². The predicted molar refractivity (Wildman–Crippen MR) is 70.5 cm³/mol. The van der Waals surface area contributed by atoms with E-state index in [0.717, 1.165) is 10.9 Å². The smallest absolute Gasteiger partial charge is 0.345 e. The van der Waals surface area contributed by atoms with Gasteiger partial charge in [-0.15, -0.1) is 0 Å². The lowest BCUT2D eigenvalue weighted by Crippen LogP contribution is -2.49. The van der Waals surface area contributed by atoms with Crippen LogP contribution in [0.4, 0.5) is 5.69 Å². The quantitative estimate of drug-likeness (QED) is 0.332. The van der Waals surface area contributed by atoms with Crippen molar-refractivity contribution in [3.8, 4) is 0 Å². The molecular weight excluding hydrogens is 282 g/mol. The number of aryl methyl sites for hydroxylation is 1. The van der Waals surface area contributed by atoms with E-state index in [2.05, 4.69) is 5.10 Å². The normalized spacial score (nSPS) is 11.0. The maximum absolute atomic E-state index is 12.1. The first kappa shape index (κ1) is 16.6. The second-order valence-corrected chi connectivity index (χ2v) is 4.31. The molecule has 0 amide bonds. The summed E-state index contributed by atoms with van der Waals surface area (Å²) in [6, 6.07) is 0. The third-order valence-corrected chi connectivity index (χ3v) is 2.87. The molecule has 0 atom stereocenters. The molecule has 0 radical (unpaired) electrons. The van der Waals surface area contributed by atoms with Gasteiger partial charge >= 0.3 is 17.6 Å². The predicted octanol–water partition coefficient (Wildman–Crippen LogP) is 0.941. The molecule has 0 aliphatic carbocycles. The lowest BCUT2D eigenvalue weighted by atomic mass is 10.0. The van der Waals surface area contributed by atoms with Gasteiger partial charge in [-0.3, -0.25) is 10.1 Å². The number of ether oxygens (including phenoxy) is 2. The maximum Gasteiger partial charge on any atom is 0.345 e. The van der Waals surface area contributed by atoms with Gasteiger partial charge < -0.3 is 9.47 Å². The Hall–Kier alpha value is -2.45. The Morgan fingerprint density at radius 3 is 2.14 bits per heavy atom. The fourth-order valence-electron chi connectivity index (χ4n) is 1.67. The van der Waals surface area contributed by atoms with Crippen molar-refractivity contribution in [2.45, 2.75) is 33.2 Å². The number of aromatic nitrogens is 2. The summed E-state index contributed by atoms with van der Waals surface area (Å²) in [5.41, 5.74) is -2.12. The van der Waals surface area contributed by atoms with E-state index in [1.807, 2.05) is 0 Å². The molecule has 0 unspecified atom stereocenters. The first-order chi connectivity index (χ1) is 9.78. The van der Waals surface area contributed by atoms with Gasteiger partial charge in [-0.2, -0.15) is 5.10 Å². The van der Waals surface area contributed by atoms with Crippen LogP contribution in [0.2, 0.25) is 0 Å². The Kier molecular flexibility index (Phi) is 5.01. The second kappa shape index (κ2) is 6.33. The highest BCUT2D eigenvalue weighted by Crippen LogP contribution is 2.25. The maximum atomic E-state index is 12.1. The molecular formula is C12H17N3O6. The van der Waals surface area contributed by atoms with Gasteiger partial charge in [0.1, 0.15) is 11.9 Å². The molecule has 0 fully saturated rings. The SMILES string of the molecule is CCOC(=O)C(C)(C(=O)OCC)n1cc([N+](=O)[O-])c(C)n1. The molecule has 0 aliphatic rings. The summed E-state index contributed by atoms with van der Waals surface area (Å²) in [6.07, 6.45) is 1.02. The summed E-state index contributed by atoms with van der Waals surface area (Å²) in [7, 11) is 0. The summed E-state index contributed by atoms with van der Waals surface area (Å²) in [4.78, 5) is 34.5. The molecule has 1 rings (SSSR count). The molecule has 0 bridgehead atoms. The topological polar surface area (TPSA) is 114 Å². The minimum absolute atomic E-state index is 0.0518. The van der Waals surface area contributed by atoms with E-state index >= 15 is 0 Å². The number of hydrogen-bond donors (Lipinski definition) is 0. The average molecular weight is 299 g/mol. The first-order valence-electron chi connectivity index (χ1n) is 6.34. The summed E-state index contributed by atoms with van der Waals surface area (Å²) in [6.45, 7) is 5.93. The van der Waals surface area contributed by atoms with Crippen molar-refractivity contribution in [3.63, 3.8) is 0 Å². The summed E-state index contributed by atoms with van der Waals surface area (Å²) < 4.78 is 10.6. The molecule has 0 aromatic carbocycles. The fraction of sp³-hybridized carbons (Fsp3) is 0.583. The molecule has 1 aromatic heterocycles. The Morgan fingerprint density at radius 1 is 1.33 bits per heavy atom. The molecule has 9 nitrogen and oxygen atoms in total. The van der Waals surface area contributed by atoms with Crippen molar-refractivity contribution in [3.05, 3.63) is 22.0 Å². The molecule has 21 heavy (non-hydrogen) atoms. The third-order valence-electron chi connectivity index (χ3n) is 2.87. The van der Waals surface area contributed by atoms with E-state index < -0.39 is 22.4 Å². The van der Waals surface area contributed by atoms with Crippen LogP contribution in [-0.2, 0) is 24.6 Å². The van der Waals surface area contributed by atoms with Gasteiger partial charge in [0.05, 0.1) is 18.1 Å². The van der Waals surface area contributed by atoms with Crippen LogP contribution in [-0.4, -0.2) is 39.9 Å². The number of carbonyl (C=O) groups is 2. The minimum atomic E-state index is -1.91. The van der Waals surface area contributed by atoms with Crippen LogP contribution in [0.3, 0.4) is 0 Å². The highest BCUT2D eigenvalue weighted by molar-refractivity contribution is 6.01. The highest BCUT2D eigenvalue weighted by Gasteiger charge is 2.48. The first-order valence-corrected chi connectivity index (χ1v) is 6.34. The number of nitrogens with zero attached hydrogens (tertiary/aromatic N) is 3. The van der Waals surface area contributed by atoms with Gasteiger partial charge in [0.15, 0.2) is 0 Å². The van der Waals surface area contributed by atoms with Gasteiger partial charge in [-0.05, 0) is 27.7 Å². The lowest BCUT2D eigenvalue weighted by molar-refractivity contribution is -0.385. The number of nitro groups is 1. The van der Waals surface area contributed by atoms with E-state index in [0.29, 0.717) is 0 Å². The molecule has 116 valence electrons. The monoisotopic (exact) mass is 299 g/mol. The van der Waals surface area contributed by atoms with E-state index in [9.17, 15) is 19.7 Å². The molecule has 1 aromatic rings. The van der Waals surface area contributed by atoms with Gasteiger partial charge in [0, 0.05) is 0 Å². The number of esters is 2. The van der Waals surface area contributed by atoms with Crippen LogP contribution in [0.1, 0.15) is 26.5 Å². The Bertz CT molecular complexity index is 547. The van der Waals surface area contributed by atoms with Gasteiger partial charge in [0.2, 0.25) is 0 Å². The van der Waals surface area contributed by atoms with Crippen LogP contribution < -0.4 is 0 Å². The largest absolute Gasteiger partial charge is 0.464 e. The van der Waals surface area contributed by atoms with Crippen LogP contribution in [0.5, 0.6) is 0 Å². The summed E-state index contributed by atoms with van der Waals surface area (Å²) >= 11 is 0. The van der Waals surface area contributed by atoms with Gasteiger partial charge in [-0.25, -0.2) is 14.3 Å². The fourth-order valence-corrected chi connectivity index (χ4v) is 1.67. The number of hydrogen-bond acceptors (Lipinski definition) is 7. The number of rotatable bonds is 6. The molecule has 0 N–H and O–H groups in total. The molecule has 0 spiro atoms. The second-order valence-electron chi connectivity index (χ2n) is 4.31. The van der Waals surface area contributed by atoms with E-state index in [-0.39, 0.29) is 24.6 Å². The van der Waals surface area contributed by atoms with E-state index in [1.165, 1.54) is 13.8 Å². The van der Waals surface area contributed by atoms with Gasteiger partial charge in [0.25, 0.3) is 5.54 Å². The molecule has 0 saturated heterocycles. The van der Waals surface area contributed by atoms with Crippen molar-refractivity contribution in [1.29, 1.82) is 0 Å². The van der Waals surface area contributed by atoms with Crippen LogP contribution in [0, 0.1) is 17.0 Å². The van der Waals surface area contributed by atoms with E-state index in [4.69, 9.17) is 9.47 Å². The zero-order chi connectivity index (χ0) is 16.2. The molecule has 0 aliphatic heterocycles. The summed E-state index contributed by atoms with van der Waals surface area (Å²) in [5, 5.41) is 14.8. The number of carbonyl (C=O) groups excluding carboxylic acids is 2. The van der Waals surface area contributed by atoms with Crippen molar-refractivity contribution in [1.82, 2.24) is 9.78 Å². The van der Waals surface area contributed by atoms with Gasteiger partial charge in [-0.1, -0.05) is 0 Å². The Balaban J connectivity index is 3.36. The Labute approximate surface area is 121 Å². The van der Waals surface area contributed by atoms with Crippen molar-refractivity contribution >= 4 is 17.6 Å².